The van der Waals surface area contributed by atoms with E-state index in [1.807, 2.05) is 12.1 Å². The molecule has 2 heterocycles. The predicted molar refractivity (Wildman–Crippen MR) is 79.1 cm³/mol. The summed E-state index contributed by atoms with van der Waals surface area (Å²) >= 11 is 4.88. The van der Waals surface area contributed by atoms with Crippen molar-refractivity contribution in [3.05, 3.63) is 24.0 Å². The fraction of sp³-hybridized carbons (Fsp3) is 0.462. The molecule has 1 unspecified atom stereocenters. The fourth-order valence-electron chi connectivity index (χ4n) is 2.35. The highest BCUT2D eigenvalue weighted by Gasteiger charge is 2.25. The van der Waals surface area contributed by atoms with Crippen LogP contribution in [-0.2, 0) is 4.79 Å². The van der Waals surface area contributed by atoms with E-state index < -0.39 is 0 Å². The third kappa shape index (κ3) is 3.20. The Balaban J connectivity index is 2.08. The first-order valence-electron chi connectivity index (χ1n) is 6.34. The van der Waals surface area contributed by atoms with E-state index in [0.717, 1.165) is 31.6 Å². The standard InChI is InChI=1S/C13H18N4OS/c1-15-13(18)9-3-2-6-17(8-9)10-4-5-11(12(14)19)16-7-10/h4-5,7,9H,2-3,6,8H2,1H3,(H2,14,19)(H,15,18). The summed E-state index contributed by atoms with van der Waals surface area (Å²) in [6.45, 7) is 1.68. The molecule has 1 amide bonds. The van der Waals surface area contributed by atoms with Crippen LogP contribution in [0.4, 0.5) is 5.69 Å². The second-order valence-corrected chi connectivity index (χ2v) is 5.11. The highest BCUT2D eigenvalue weighted by Crippen LogP contribution is 2.22. The van der Waals surface area contributed by atoms with Crippen molar-refractivity contribution in [1.29, 1.82) is 0 Å². The average molecular weight is 278 g/mol. The van der Waals surface area contributed by atoms with Gasteiger partial charge in [0.15, 0.2) is 0 Å². The maximum absolute atomic E-state index is 11.7. The molecular weight excluding hydrogens is 260 g/mol. The highest BCUT2D eigenvalue weighted by molar-refractivity contribution is 7.80. The van der Waals surface area contributed by atoms with E-state index in [1.54, 1.807) is 13.2 Å². The van der Waals surface area contributed by atoms with Crippen LogP contribution in [0.3, 0.4) is 0 Å². The van der Waals surface area contributed by atoms with E-state index >= 15 is 0 Å². The molecule has 1 aliphatic heterocycles. The van der Waals surface area contributed by atoms with Crippen molar-refractivity contribution >= 4 is 28.8 Å². The van der Waals surface area contributed by atoms with Gasteiger partial charge in [0.1, 0.15) is 4.99 Å². The molecule has 0 spiro atoms. The maximum atomic E-state index is 11.7. The summed E-state index contributed by atoms with van der Waals surface area (Å²) in [4.78, 5) is 18.4. The molecule has 6 heteroatoms. The fourth-order valence-corrected chi connectivity index (χ4v) is 2.47. The summed E-state index contributed by atoms with van der Waals surface area (Å²) in [5.41, 5.74) is 7.16. The Bertz CT molecular complexity index is 474. The number of pyridine rings is 1. The van der Waals surface area contributed by atoms with Gasteiger partial charge in [-0.3, -0.25) is 9.78 Å². The minimum atomic E-state index is 0.0500. The summed E-state index contributed by atoms with van der Waals surface area (Å²) in [5.74, 6) is 0.159. The van der Waals surface area contributed by atoms with E-state index in [-0.39, 0.29) is 11.8 Å². The minimum Gasteiger partial charge on any atom is -0.388 e. The largest absolute Gasteiger partial charge is 0.388 e. The number of amides is 1. The Morgan fingerprint density at radius 3 is 2.95 bits per heavy atom. The number of nitrogens with one attached hydrogen (secondary N) is 1. The molecule has 1 atom stereocenters. The molecule has 2 rings (SSSR count). The zero-order valence-electron chi connectivity index (χ0n) is 10.9. The second kappa shape index (κ2) is 5.97. The molecule has 1 aromatic heterocycles. The van der Waals surface area contributed by atoms with E-state index in [9.17, 15) is 4.79 Å². The van der Waals surface area contributed by atoms with Gasteiger partial charge < -0.3 is 16.0 Å². The normalized spacial score (nSPS) is 19.0. The number of anilines is 1. The van der Waals surface area contributed by atoms with Crippen LogP contribution in [0.15, 0.2) is 18.3 Å². The molecule has 0 radical (unpaired) electrons. The zero-order valence-corrected chi connectivity index (χ0v) is 11.7. The lowest BCUT2D eigenvalue weighted by Crippen LogP contribution is -2.42. The average Bonchev–Trinajstić information content (AvgIpc) is 2.46. The van der Waals surface area contributed by atoms with Gasteiger partial charge in [-0.25, -0.2) is 0 Å². The lowest BCUT2D eigenvalue weighted by atomic mass is 9.97. The lowest BCUT2D eigenvalue weighted by Gasteiger charge is -2.33. The summed E-state index contributed by atoms with van der Waals surface area (Å²) < 4.78 is 0. The second-order valence-electron chi connectivity index (χ2n) is 4.67. The van der Waals surface area contributed by atoms with Gasteiger partial charge in [-0.1, -0.05) is 12.2 Å². The van der Waals surface area contributed by atoms with Crippen molar-refractivity contribution in [2.45, 2.75) is 12.8 Å². The number of nitrogens with two attached hydrogens (primary N) is 1. The minimum absolute atomic E-state index is 0.0500. The van der Waals surface area contributed by atoms with Gasteiger partial charge in [0.2, 0.25) is 5.91 Å². The quantitative estimate of drug-likeness (QED) is 0.796. The number of carbonyl (C=O) groups is 1. The van der Waals surface area contributed by atoms with Gasteiger partial charge in [-0.15, -0.1) is 0 Å². The monoisotopic (exact) mass is 278 g/mol. The number of nitrogens with zero attached hydrogens (tertiary/aromatic N) is 2. The van der Waals surface area contributed by atoms with Crippen molar-refractivity contribution in [1.82, 2.24) is 10.3 Å². The van der Waals surface area contributed by atoms with Crippen LogP contribution >= 0.6 is 12.2 Å². The number of aromatic nitrogens is 1. The van der Waals surface area contributed by atoms with Crippen LogP contribution < -0.4 is 16.0 Å². The number of carbonyl (C=O) groups excluding carboxylic acids is 1. The number of hydrogen-bond donors (Lipinski definition) is 2. The van der Waals surface area contributed by atoms with Crippen molar-refractivity contribution in [3.63, 3.8) is 0 Å². The first kappa shape index (κ1) is 13.7. The highest BCUT2D eigenvalue weighted by atomic mass is 32.1. The summed E-state index contributed by atoms with van der Waals surface area (Å²) in [7, 11) is 1.68. The molecule has 1 aromatic rings. The molecule has 1 aliphatic rings. The molecule has 1 saturated heterocycles. The number of thiocarbonyl (C=S) groups is 1. The van der Waals surface area contributed by atoms with E-state index in [1.165, 1.54) is 0 Å². The first-order valence-corrected chi connectivity index (χ1v) is 6.75. The SMILES string of the molecule is CNC(=O)C1CCCN(c2ccc(C(N)=S)nc2)C1. The van der Waals surface area contributed by atoms with Crippen LogP contribution in [0, 0.1) is 5.92 Å². The molecule has 1 fully saturated rings. The maximum Gasteiger partial charge on any atom is 0.224 e. The van der Waals surface area contributed by atoms with Gasteiger partial charge in [0.25, 0.3) is 0 Å². The Morgan fingerprint density at radius 1 is 1.58 bits per heavy atom. The third-order valence-electron chi connectivity index (χ3n) is 3.40. The van der Waals surface area contributed by atoms with Crippen LogP contribution in [-0.4, -0.2) is 36.0 Å². The van der Waals surface area contributed by atoms with Gasteiger partial charge in [-0.2, -0.15) is 0 Å². The number of piperidine rings is 1. The van der Waals surface area contributed by atoms with Crippen molar-refractivity contribution < 1.29 is 4.79 Å². The van der Waals surface area contributed by atoms with E-state index in [0.29, 0.717) is 10.7 Å². The Morgan fingerprint density at radius 2 is 2.37 bits per heavy atom. The molecule has 19 heavy (non-hydrogen) atoms. The molecule has 3 N–H and O–H groups in total. The number of hydrogen-bond acceptors (Lipinski definition) is 4. The van der Waals surface area contributed by atoms with Gasteiger partial charge in [0, 0.05) is 20.1 Å². The smallest absolute Gasteiger partial charge is 0.224 e. The first-order chi connectivity index (χ1) is 9.11. The predicted octanol–water partition coefficient (Wildman–Crippen LogP) is 0.678. The lowest BCUT2D eigenvalue weighted by molar-refractivity contribution is -0.124. The van der Waals surface area contributed by atoms with Crippen molar-refractivity contribution in [2.24, 2.45) is 11.7 Å². The van der Waals surface area contributed by atoms with Crippen LogP contribution in [0.2, 0.25) is 0 Å². The molecule has 0 bridgehead atoms. The van der Waals surface area contributed by atoms with Crippen LogP contribution in [0.1, 0.15) is 18.5 Å². The molecule has 0 aliphatic carbocycles. The molecule has 102 valence electrons. The van der Waals surface area contributed by atoms with Crippen LogP contribution in [0.5, 0.6) is 0 Å². The molecule has 0 saturated carbocycles. The number of rotatable bonds is 3. The molecule has 0 aromatic carbocycles. The topological polar surface area (TPSA) is 71.2 Å². The van der Waals surface area contributed by atoms with Gasteiger partial charge in [-0.05, 0) is 25.0 Å². The van der Waals surface area contributed by atoms with Gasteiger partial charge in [0.05, 0.1) is 23.5 Å². The van der Waals surface area contributed by atoms with Crippen molar-refractivity contribution in [3.8, 4) is 0 Å². The summed E-state index contributed by atoms with van der Waals surface area (Å²) in [6.07, 6.45) is 3.71. The Labute approximate surface area is 118 Å². The summed E-state index contributed by atoms with van der Waals surface area (Å²) in [5, 5.41) is 2.72. The van der Waals surface area contributed by atoms with Gasteiger partial charge >= 0.3 is 0 Å². The zero-order chi connectivity index (χ0) is 13.8. The Kier molecular flexibility index (Phi) is 4.31. The van der Waals surface area contributed by atoms with E-state index in [4.69, 9.17) is 18.0 Å². The molecular formula is C13H18N4OS. The summed E-state index contributed by atoms with van der Waals surface area (Å²) in [6, 6.07) is 3.77. The third-order valence-corrected chi connectivity index (χ3v) is 3.61. The van der Waals surface area contributed by atoms with E-state index in [2.05, 4.69) is 15.2 Å². The van der Waals surface area contributed by atoms with Crippen LogP contribution in [0.25, 0.3) is 0 Å². The van der Waals surface area contributed by atoms with Crippen molar-refractivity contribution in [2.75, 3.05) is 25.0 Å². The molecule has 5 nitrogen and oxygen atoms in total. The Hall–Kier alpha value is -1.69.